The van der Waals surface area contributed by atoms with Crippen LogP contribution in [0.2, 0.25) is 5.15 Å². The number of rotatable bonds is 5. The van der Waals surface area contributed by atoms with E-state index < -0.39 is 5.76 Å². The van der Waals surface area contributed by atoms with E-state index in [4.69, 9.17) is 11.6 Å². The van der Waals surface area contributed by atoms with Gasteiger partial charge in [-0.05, 0) is 50.1 Å². The maximum absolute atomic E-state index is 13.3. The number of aromatic nitrogens is 6. The number of halogens is 1. The SMILES string of the molecule is CCn1ncc2c3c(C(C)Nc4ccc(Cl)nc4-c4noc(=O)[nH]4)cc(C)cc3c(=O)n(C)c21. The van der Waals surface area contributed by atoms with E-state index in [1.807, 2.05) is 37.7 Å². The Bertz CT molecular complexity index is 1680. The van der Waals surface area contributed by atoms with Crippen molar-refractivity contribution >= 4 is 39.1 Å². The minimum atomic E-state index is -0.688. The van der Waals surface area contributed by atoms with Crippen LogP contribution in [-0.4, -0.2) is 29.5 Å². The van der Waals surface area contributed by atoms with E-state index in [2.05, 4.69) is 36.1 Å². The maximum atomic E-state index is 13.3. The van der Waals surface area contributed by atoms with E-state index in [-0.39, 0.29) is 22.6 Å². The van der Waals surface area contributed by atoms with Crippen LogP contribution < -0.4 is 16.6 Å². The van der Waals surface area contributed by atoms with Gasteiger partial charge in [0.15, 0.2) is 0 Å². The number of pyridine rings is 2. The van der Waals surface area contributed by atoms with Gasteiger partial charge in [-0.2, -0.15) is 5.10 Å². The van der Waals surface area contributed by atoms with E-state index in [1.54, 1.807) is 23.7 Å². The van der Waals surface area contributed by atoms with Gasteiger partial charge in [0.05, 0.1) is 11.9 Å². The second-order valence-corrected chi connectivity index (χ2v) is 8.57. The van der Waals surface area contributed by atoms with E-state index >= 15 is 0 Å². The molecule has 0 radical (unpaired) electrons. The third kappa shape index (κ3) is 3.47. The third-order valence-corrected chi connectivity index (χ3v) is 6.12. The molecule has 0 saturated carbocycles. The van der Waals surface area contributed by atoms with Crippen molar-refractivity contribution in [1.29, 1.82) is 0 Å². The molecule has 0 amide bonds. The van der Waals surface area contributed by atoms with Crippen molar-refractivity contribution in [3.8, 4) is 11.5 Å². The molecule has 0 aliphatic heterocycles. The fourth-order valence-corrected chi connectivity index (χ4v) is 4.57. The van der Waals surface area contributed by atoms with Crippen LogP contribution >= 0.6 is 11.6 Å². The van der Waals surface area contributed by atoms with Crippen LogP contribution in [0.1, 0.15) is 31.0 Å². The minimum absolute atomic E-state index is 0.0797. The summed E-state index contributed by atoms with van der Waals surface area (Å²) < 4.78 is 8.11. The lowest BCUT2D eigenvalue weighted by Crippen LogP contribution is -2.20. The Kier molecular flexibility index (Phi) is 5.24. The number of hydrogen-bond acceptors (Lipinski definition) is 7. The molecule has 1 unspecified atom stereocenters. The Balaban J connectivity index is 1.71. The summed E-state index contributed by atoms with van der Waals surface area (Å²) in [4.78, 5) is 31.6. The van der Waals surface area contributed by atoms with Crippen LogP contribution in [-0.2, 0) is 13.6 Å². The van der Waals surface area contributed by atoms with Gasteiger partial charge in [0.25, 0.3) is 5.56 Å². The van der Waals surface area contributed by atoms with Gasteiger partial charge in [0.2, 0.25) is 5.82 Å². The lowest BCUT2D eigenvalue weighted by molar-refractivity contribution is 0.388. The van der Waals surface area contributed by atoms with Gasteiger partial charge in [-0.3, -0.25) is 18.9 Å². The van der Waals surface area contributed by atoms with Gasteiger partial charge in [-0.1, -0.05) is 22.8 Å². The molecule has 10 nitrogen and oxygen atoms in total. The number of benzene rings is 1. The first kappa shape index (κ1) is 21.9. The Labute approximate surface area is 198 Å². The topological polar surface area (TPSA) is 124 Å². The monoisotopic (exact) mass is 479 g/mol. The number of aryl methyl sites for hydroxylation is 3. The first-order valence-electron chi connectivity index (χ1n) is 10.8. The highest BCUT2D eigenvalue weighted by molar-refractivity contribution is 6.29. The van der Waals surface area contributed by atoms with Gasteiger partial charge in [-0.25, -0.2) is 14.5 Å². The second-order valence-electron chi connectivity index (χ2n) is 8.18. The van der Waals surface area contributed by atoms with Crippen LogP contribution in [0.3, 0.4) is 0 Å². The largest absolute Gasteiger partial charge is 0.439 e. The number of aromatic amines is 1. The number of fused-ring (bicyclic) bond motifs is 3. The van der Waals surface area contributed by atoms with Gasteiger partial charge < -0.3 is 5.32 Å². The number of H-pyrrole nitrogens is 1. The summed E-state index contributed by atoms with van der Waals surface area (Å²) in [6.07, 6.45) is 1.81. The average molecular weight is 480 g/mol. The Morgan fingerprint density at radius 3 is 2.74 bits per heavy atom. The molecule has 1 atom stereocenters. The predicted molar refractivity (Wildman–Crippen MR) is 130 cm³/mol. The summed E-state index contributed by atoms with van der Waals surface area (Å²) in [6.45, 7) is 6.59. The average Bonchev–Trinajstić information content (AvgIpc) is 3.44. The van der Waals surface area contributed by atoms with E-state index in [0.29, 0.717) is 23.3 Å². The summed E-state index contributed by atoms with van der Waals surface area (Å²) >= 11 is 6.10. The number of nitrogens with zero attached hydrogens (tertiary/aromatic N) is 5. The zero-order chi connectivity index (χ0) is 24.1. The van der Waals surface area contributed by atoms with Crippen molar-refractivity contribution < 1.29 is 4.52 Å². The standard InChI is InChI=1S/C23H22ClN7O3/c1-5-31-21-15(10-25-31)18-13(8-11(2)9-14(18)22(32)30(21)4)12(3)26-16-6-7-17(24)27-19(16)20-28-23(33)34-29-20/h6-10,12,26H,5H2,1-4H3,(H,28,29,33). The molecule has 174 valence electrons. The molecule has 0 aliphatic rings. The highest BCUT2D eigenvalue weighted by Crippen LogP contribution is 2.34. The smallest absolute Gasteiger partial charge is 0.377 e. The fourth-order valence-electron chi connectivity index (χ4n) is 4.42. The molecule has 34 heavy (non-hydrogen) atoms. The van der Waals surface area contributed by atoms with Crippen molar-refractivity contribution in [3.63, 3.8) is 0 Å². The maximum Gasteiger partial charge on any atom is 0.439 e. The molecule has 0 bridgehead atoms. The molecule has 5 aromatic rings. The van der Waals surface area contributed by atoms with E-state index in [9.17, 15) is 9.59 Å². The molecule has 4 heterocycles. The zero-order valence-corrected chi connectivity index (χ0v) is 19.8. The highest BCUT2D eigenvalue weighted by Gasteiger charge is 2.21. The number of nitrogens with one attached hydrogen (secondary N) is 2. The third-order valence-electron chi connectivity index (χ3n) is 5.91. The molecular weight excluding hydrogens is 458 g/mol. The fraction of sp³-hybridized carbons (Fsp3) is 0.261. The molecule has 0 saturated heterocycles. The lowest BCUT2D eigenvalue weighted by Gasteiger charge is -2.21. The van der Waals surface area contributed by atoms with Crippen molar-refractivity contribution in [3.05, 3.63) is 67.6 Å². The molecule has 4 aromatic heterocycles. The predicted octanol–water partition coefficient (Wildman–Crippen LogP) is 3.78. The summed E-state index contributed by atoms with van der Waals surface area (Å²) in [5.74, 6) is -0.525. The van der Waals surface area contributed by atoms with E-state index in [0.717, 1.165) is 27.5 Å². The summed E-state index contributed by atoms with van der Waals surface area (Å²) in [7, 11) is 1.77. The molecular formula is C23H22ClN7O3. The van der Waals surface area contributed by atoms with Crippen molar-refractivity contribution in [2.75, 3.05) is 5.32 Å². The van der Waals surface area contributed by atoms with Gasteiger partial charge >= 0.3 is 5.76 Å². The van der Waals surface area contributed by atoms with Crippen LogP contribution in [0.15, 0.2) is 44.6 Å². The first-order chi connectivity index (χ1) is 16.3. The quantitative estimate of drug-likeness (QED) is 0.367. The summed E-state index contributed by atoms with van der Waals surface area (Å²) in [6, 6.07) is 7.12. The van der Waals surface area contributed by atoms with Gasteiger partial charge in [0.1, 0.15) is 16.5 Å². The summed E-state index contributed by atoms with van der Waals surface area (Å²) in [5, 5.41) is 14.3. The second kappa shape index (κ2) is 8.14. The molecule has 5 rings (SSSR count). The highest BCUT2D eigenvalue weighted by atomic mass is 35.5. The van der Waals surface area contributed by atoms with Gasteiger partial charge in [0, 0.05) is 35.8 Å². The van der Waals surface area contributed by atoms with Crippen molar-refractivity contribution in [2.45, 2.75) is 33.4 Å². The number of hydrogen-bond donors (Lipinski definition) is 2. The van der Waals surface area contributed by atoms with Crippen LogP contribution in [0.5, 0.6) is 0 Å². The molecule has 11 heteroatoms. The molecule has 1 aromatic carbocycles. The van der Waals surface area contributed by atoms with Crippen LogP contribution in [0.4, 0.5) is 5.69 Å². The van der Waals surface area contributed by atoms with Crippen molar-refractivity contribution in [1.82, 2.24) is 29.5 Å². The molecule has 0 spiro atoms. The first-order valence-corrected chi connectivity index (χ1v) is 11.1. The Morgan fingerprint density at radius 1 is 1.24 bits per heavy atom. The Hall–Kier alpha value is -3.92. The van der Waals surface area contributed by atoms with E-state index in [1.165, 1.54) is 0 Å². The van der Waals surface area contributed by atoms with Gasteiger partial charge in [-0.15, -0.1) is 0 Å². The van der Waals surface area contributed by atoms with Crippen LogP contribution in [0.25, 0.3) is 33.3 Å². The molecule has 2 N–H and O–H groups in total. The minimum Gasteiger partial charge on any atom is -0.377 e. The number of anilines is 1. The zero-order valence-electron chi connectivity index (χ0n) is 19.0. The Morgan fingerprint density at radius 2 is 2.03 bits per heavy atom. The molecule has 0 aliphatic carbocycles. The van der Waals surface area contributed by atoms with Crippen molar-refractivity contribution in [2.24, 2.45) is 7.05 Å². The lowest BCUT2D eigenvalue weighted by atomic mass is 9.95. The van der Waals surface area contributed by atoms with Crippen LogP contribution in [0, 0.1) is 6.92 Å². The summed E-state index contributed by atoms with van der Waals surface area (Å²) in [5.41, 5.74) is 3.53. The normalized spacial score (nSPS) is 12.5. The molecule has 0 fully saturated rings.